The van der Waals surface area contributed by atoms with Crippen molar-refractivity contribution < 1.29 is 14.3 Å². The van der Waals surface area contributed by atoms with E-state index in [1.807, 2.05) is 44.2 Å². The molecule has 1 aliphatic rings. The summed E-state index contributed by atoms with van der Waals surface area (Å²) in [7, 11) is 0. The van der Waals surface area contributed by atoms with Gasteiger partial charge in [0.25, 0.3) is 0 Å². The summed E-state index contributed by atoms with van der Waals surface area (Å²) >= 11 is 12.1. The minimum atomic E-state index is -0.736. The third kappa shape index (κ3) is 6.11. The first-order valence-electron chi connectivity index (χ1n) is 10.1. The Balaban J connectivity index is 1.52. The van der Waals surface area contributed by atoms with Crippen LogP contribution in [0.5, 0.6) is 5.75 Å². The average Bonchev–Trinajstić information content (AvgIpc) is 2.75. The third-order valence-corrected chi connectivity index (χ3v) is 6.08. The van der Waals surface area contributed by atoms with Crippen LogP contribution in [-0.4, -0.2) is 50.3 Å². The highest BCUT2D eigenvalue weighted by atomic mass is 35.5. The van der Waals surface area contributed by atoms with Crippen LogP contribution >= 0.6 is 23.2 Å². The molecule has 0 bridgehead atoms. The number of carbonyl (C=O) groups excluding carboxylic acids is 1. The molecular weight excluding hydrogens is 423 g/mol. The molecule has 1 saturated heterocycles. The molecule has 0 aromatic heterocycles. The number of ether oxygens (including phenoxy) is 2. The quantitative estimate of drug-likeness (QED) is 0.651. The molecular formula is C23H28Cl2N2O3. The minimum absolute atomic E-state index is 0.0838. The van der Waals surface area contributed by atoms with Crippen molar-refractivity contribution in [1.82, 2.24) is 10.2 Å². The van der Waals surface area contributed by atoms with Crippen LogP contribution in [-0.2, 0) is 21.5 Å². The molecule has 162 valence electrons. The fourth-order valence-electron chi connectivity index (χ4n) is 3.28. The van der Waals surface area contributed by atoms with Gasteiger partial charge in [-0.1, -0.05) is 41.4 Å². The second-order valence-electron chi connectivity index (χ2n) is 7.89. The lowest BCUT2D eigenvalue weighted by atomic mass is 9.83. The molecule has 2 aromatic carbocycles. The summed E-state index contributed by atoms with van der Waals surface area (Å²) in [5, 5.41) is 3.93. The number of carbonyl (C=O) groups is 1. The van der Waals surface area contributed by atoms with Gasteiger partial charge in [-0.2, -0.15) is 0 Å². The molecule has 3 rings (SSSR count). The van der Waals surface area contributed by atoms with Gasteiger partial charge < -0.3 is 14.8 Å². The molecule has 7 heteroatoms. The Hall–Kier alpha value is -1.79. The first-order chi connectivity index (χ1) is 14.4. The highest BCUT2D eigenvalue weighted by Gasteiger charge is 2.30. The number of hydrogen-bond acceptors (Lipinski definition) is 4. The van der Waals surface area contributed by atoms with Crippen molar-refractivity contribution in [3.63, 3.8) is 0 Å². The Morgan fingerprint density at radius 1 is 1.13 bits per heavy atom. The topological polar surface area (TPSA) is 50.8 Å². The van der Waals surface area contributed by atoms with Crippen molar-refractivity contribution in [3.05, 3.63) is 63.6 Å². The molecule has 30 heavy (non-hydrogen) atoms. The maximum atomic E-state index is 12.8. The second kappa shape index (κ2) is 10.5. The van der Waals surface area contributed by atoms with Gasteiger partial charge in [0, 0.05) is 26.2 Å². The number of rotatable bonds is 8. The average molecular weight is 451 g/mol. The standard InChI is InChI=1S/C23H28Cl2N2O3/c1-23(2,18-6-7-20(24)21(25)15-18)22(28)26-16-17-4-3-5-19(14-17)30-13-10-27-8-11-29-12-9-27/h3-7,14-15H,8-13,16H2,1-2H3,(H,26,28). The van der Waals surface area contributed by atoms with Gasteiger partial charge in [0.15, 0.2) is 0 Å². The van der Waals surface area contributed by atoms with Crippen LogP contribution in [0.4, 0.5) is 0 Å². The Labute approximate surface area is 188 Å². The molecule has 1 aliphatic heterocycles. The number of halogens is 2. The minimum Gasteiger partial charge on any atom is -0.492 e. The summed E-state index contributed by atoms with van der Waals surface area (Å²) < 4.78 is 11.3. The number of benzene rings is 2. The zero-order valence-corrected chi connectivity index (χ0v) is 18.9. The largest absolute Gasteiger partial charge is 0.492 e. The normalized spacial score (nSPS) is 15.1. The molecule has 0 atom stereocenters. The second-order valence-corrected chi connectivity index (χ2v) is 8.70. The molecule has 0 aliphatic carbocycles. The molecule has 1 N–H and O–H groups in total. The number of nitrogens with one attached hydrogen (secondary N) is 1. The van der Waals surface area contributed by atoms with Crippen molar-refractivity contribution in [2.75, 3.05) is 39.5 Å². The van der Waals surface area contributed by atoms with Gasteiger partial charge in [-0.25, -0.2) is 0 Å². The van der Waals surface area contributed by atoms with Crippen molar-refractivity contribution in [3.8, 4) is 5.75 Å². The summed E-state index contributed by atoms with van der Waals surface area (Å²) in [6.45, 7) is 9.13. The summed E-state index contributed by atoms with van der Waals surface area (Å²) in [6.07, 6.45) is 0. The maximum absolute atomic E-state index is 12.8. The molecule has 0 unspecified atom stereocenters. The molecule has 1 amide bonds. The predicted octanol–water partition coefficient (Wildman–Crippen LogP) is 4.30. The van der Waals surface area contributed by atoms with E-state index in [2.05, 4.69) is 10.2 Å². The van der Waals surface area contributed by atoms with Crippen LogP contribution in [0.3, 0.4) is 0 Å². The Morgan fingerprint density at radius 3 is 2.63 bits per heavy atom. The number of nitrogens with zero attached hydrogens (tertiary/aromatic N) is 1. The first-order valence-corrected chi connectivity index (χ1v) is 10.9. The molecule has 5 nitrogen and oxygen atoms in total. The Morgan fingerprint density at radius 2 is 1.90 bits per heavy atom. The van der Waals surface area contributed by atoms with Crippen LogP contribution in [0, 0.1) is 0 Å². The smallest absolute Gasteiger partial charge is 0.230 e. The summed E-state index contributed by atoms with van der Waals surface area (Å²) in [5.41, 5.74) is 1.06. The van der Waals surface area contributed by atoms with Gasteiger partial charge >= 0.3 is 0 Å². The lowest BCUT2D eigenvalue weighted by Crippen LogP contribution is -2.39. The van der Waals surface area contributed by atoms with Crippen molar-refractivity contribution in [2.24, 2.45) is 0 Å². The fourth-order valence-corrected chi connectivity index (χ4v) is 3.58. The molecule has 0 radical (unpaired) electrons. The van der Waals surface area contributed by atoms with E-state index in [1.54, 1.807) is 12.1 Å². The van der Waals surface area contributed by atoms with Crippen LogP contribution in [0.15, 0.2) is 42.5 Å². The van der Waals surface area contributed by atoms with Gasteiger partial charge in [0.1, 0.15) is 12.4 Å². The summed E-state index contributed by atoms with van der Waals surface area (Å²) in [6, 6.07) is 13.1. The molecule has 0 spiro atoms. The number of amides is 1. The van der Waals surface area contributed by atoms with Gasteiger partial charge in [0.05, 0.1) is 28.7 Å². The highest BCUT2D eigenvalue weighted by molar-refractivity contribution is 6.42. The Kier molecular flexibility index (Phi) is 8.00. The van der Waals surface area contributed by atoms with Crippen LogP contribution in [0.2, 0.25) is 10.0 Å². The lowest BCUT2D eigenvalue weighted by molar-refractivity contribution is -0.125. The summed E-state index contributed by atoms with van der Waals surface area (Å²) in [4.78, 5) is 15.2. The van der Waals surface area contributed by atoms with Gasteiger partial charge in [0.2, 0.25) is 5.91 Å². The molecule has 1 heterocycles. The monoisotopic (exact) mass is 450 g/mol. The van der Waals surface area contributed by atoms with Crippen LogP contribution in [0.1, 0.15) is 25.0 Å². The van der Waals surface area contributed by atoms with Crippen molar-refractivity contribution >= 4 is 29.1 Å². The zero-order chi connectivity index (χ0) is 21.6. The van der Waals surface area contributed by atoms with E-state index in [9.17, 15) is 4.79 Å². The number of morpholine rings is 1. The highest BCUT2D eigenvalue weighted by Crippen LogP contribution is 2.30. The first kappa shape index (κ1) is 22.9. The van der Waals surface area contributed by atoms with E-state index >= 15 is 0 Å². The maximum Gasteiger partial charge on any atom is 0.230 e. The lowest BCUT2D eigenvalue weighted by Gasteiger charge is -2.26. The van der Waals surface area contributed by atoms with E-state index in [0.717, 1.165) is 49.7 Å². The zero-order valence-electron chi connectivity index (χ0n) is 17.4. The molecule has 2 aromatic rings. The summed E-state index contributed by atoms with van der Waals surface area (Å²) in [5.74, 6) is 0.721. The van der Waals surface area contributed by atoms with Gasteiger partial charge in [-0.3, -0.25) is 9.69 Å². The van der Waals surface area contributed by atoms with Crippen LogP contribution < -0.4 is 10.1 Å². The number of hydrogen-bond donors (Lipinski definition) is 1. The van der Waals surface area contributed by atoms with E-state index in [4.69, 9.17) is 32.7 Å². The van der Waals surface area contributed by atoms with E-state index in [0.29, 0.717) is 23.2 Å². The Bertz CT molecular complexity index is 867. The molecule has 0 saturated carbocycles. The van der Waals surface area contributed by atoms with E-state index in [-0.39, 0.29) is 5.91 Å². The SMILES string of the molecule is CC(C)(C(=O)NCc1cccc(OCCN2CCOCC2)c1)c1ccc(Cl)c(Cl)c1. The van der Waals surface area contributed by atoms with Crippen molar-refractivity contribution in [1.29, 1.82) is 0 Å². The molecule has 1 fully saturated rings. The van der Waals surface area contributed by atoms with E-state index < -0.39 is 5.41 Å². The predicted molar refractivity (Wildman–Crippen MR) is 121 cm³/mol. The van der Waals surface area contributed by atoms with Gasteiger partial charge in [-0.15, -0.1) is 0 Å². The third-order valence-electron chi connectivity index (χ3n) is 5.34. The van der Waals surface area contributed by atoms with Crippen LogP contribution in [0.25, 0.3) is 0 Å². The fraction of sp³-hybridized carbons (Fsp3) is 0.435. The van der Waals surface area contributed by atoms with Crippen molar-refractivity contribution in [2.45, 2.75) is 25.8 Å². The van der Waals surface area contributed by atoms with Gasteiger partial charge in [-0.05, 0) is 49.2 Å². The van der Waals surface area contributed by atoms with E-state index in [1.165, 1.54) is 0 Å².